The zero-order chi connectivity index (χ0) is 25.5. The minimum atomic E-state index is -0.234. The van der Waals surface area contributed by atoms with Crippen molar-refractivity contribution in [3.63, 3.8) is 0 Å². The van der Waals surface area contributed by atoms with Gasteiger partial charge in [0.25, 0.3) is 0 Å². The van der Waals surface area contributed by atoms with E-state index >= 15 is 0 Å². The smallest absolute Gasteiger partial charge is 0.223 e. The largest absolute Gasteiger partial charge is 0.378 e. The van der Waals surface area contributed by atoms with Gasteiger partial charge in [-0.15, -0.1) is 0 Å². The predicted molar refractivity (Wildman–Crippen MR) is 140 cm³/mol. The van der Waals surface area contributed by atoms with Crippen molar-refractivity contribution in [1.82, 2.24) is 15.1 Å². The quantitative estimate of drug-likeness (QED) is 0.545. The molecule has 3 unspecified atom stereocenters. The molecule has 0 spiro atoms. The molecule has 0 aromatic heterocycles. The highest BCUT2D eigenvalue weighted by Gasteiger charge is 2.38. The number of ether oxygens (including phenoxy) is 1. The summed E-state index contributed by atoms with van der Waals surface area (Å²) in [4.78, 5) is 31.0. The maximum atomic E-state index is 13.5. The van der Waals surface area contributed by atoms with Crippen LogP contribution in [0.1, 0.15) is 84.5 Å². The van der Waals surface area contributed by atoms with Gasteiger partial charge in [0.1, 0.15) is 0 Å². The summed E-state index contributed by atoms with van der Waals surface area (Å²) >= 11 is 0. The highest BCUT2D eigenvalue weighted by atomic mass is 16.5. The van der Waals surface area contributed by atoms with Crippen molar-refractivity contribution in [2.24, 2.45) is 29.6 Å². The normalized spacial score (nSPS) is 31.2. The zero-order valence-electron chi connectivity index (χ0n) is 22.6. The van der Waals surface area contributed by atoms with Gasteiger partial charge < -0.3 is 15.0 Å². The Kier molecular flexibility index (Phi) is 10.1. The van der Waals surface area contributed by atoms with E-state index in [1.165, 1.54) is 32.1 Å². The second-order valence-electron chi connectivity index (χ2n) is 12.2. The summed E-state index contributed by atoms with van der Waals surface area (Å²) in [5, 5.41) is 13.1. The number of likely N-dealkylation sites (tertiary alicyclic amines) is 1. The second kappa shape index (κ2) is 13.2. The van der Waals surface area contributed by atoms with Crippen molar-refractivity contribution < 1.29 is 14.3 Å². The van der Waals surface area contributed by atoms with Crippen molar-refractivity contribution in [2.75, 3.05) is 39.4 Å². The van der Waals surface area contributed by atoms with Crippen LogP contribution in [-0.2, 0) is 14.3 Å². The third-order valence-corrected chi connectivity index (χ3v) is 9.48. The Morgan fingerprint density at radius 1 is 1.03 bits per heavy atom. The average Bonchev–Trinajstić information content (AvgIpc) is 3.37. The van der Waals surface area contributed by atoms with Crippen molar-refractivity contribution in [1.29, 1.82) is 5.26 Å². The minimum Gasteiger partial charge on any atom is -0.378 e. The molecule has 2 amide bonds. The third-order valence-electron chi connectivity index (χ3n) is 9.48. The molecule has 2 aliphatic heterocycles. The molecule has 5 atom stereocenters. The van der Waals surface area contributed by atoms with Gasteiger partial charge in [-0.05, 0) is 49.9 Å². The summed E-state index contributed by atoms with van der Waals surface area (Å²) in [6.07, 6.45) is 11.5. The minimum absolute atomic E-state index is 0.0763. The molecule has 4 fully saturated rings. The molecule has 36 heavy (non-hydrogen) atoms. The topological polar surface area (TPSA) is 85.7 Å². The summed E-state index contributed by atoms with van der Waals surface area (Å²) in [5.41, 5.74) is 0. The van der Waals surface area contributed by atoms with Gasteiger partial charge in [-0.2, -0.15) is 5.26 Å². The number of nitriles is 1. The number of amides is 2. The molecule has 1 N–H and O–H groups in total. The van der Waals surface area contributed by atoms with Gasteiger partial charge in [-0.1, -0.05) is 46.0 Å². The fourth-order valence-electron chi connectivity index (χ4n) is 7.27. The molecule has 0 bridgehead atoms. The van der Waals surface area contributed by atoms with E-state index in [1.807, 2.05) is 4.90 Å². The van der Waals surface area contributed by atoms with Crippen LogP contribution in [0, 0.1) is 40.9 Å². The lowest BCUT2D eigenvalue weighted by molar-refractivity contribution is -0.140. The number of hydrogen-bond donors (Lipinski definition) is 1. The van der Waals surface area contributed by atoms with Gasteiger partial charge in [0.05, 0.1) is 25.2 Å². The van der Waals surface area contributed by atoms with Gasteiger partial charge >= 0.3 is 0 Å². The lowest BCUT2D eigenvalue weighted by atomic mass is 9.72. The van der Waals surface area contributed by atoms with E-state index in [1.54, 1.807) is 0 Å². The first kappa shape index (κ1) is 27.4. The number of rotatable bonds is 8. The van der Waals surface area contributed by atoms with Crippen LogP contribution < -0.4 is 5.32 Å². The molecule has 2 saturated carbocycles. The van der Waals surface area contributed by atoms with Crippen LogP contribution >= 0.6 is 0 Å². The Balaban J connectivity index is 1.32. The monoisotopic (exact) mass is 500 g/mol. The van der Waals surface area contributed by atoms with E-state index in [2.05, 4.69) is 30.1 Å². The Bertz CT molecular complexity index is 769. The van der Waals surface area contributed by atoms with Crippen LogP contribution in [0.25, 0.3) is 0 Å². The van der Waals surface area contributed by atoms with Crippen LogP contribution in [0.5, 0.6) is 0 Å². The molecular formula is C29H48N4O3. The van der Waals surface area contributed by atoms with Crippen molar-refractivity contribution >= 4 is 11.8 Å². The maximum absolute atomic E-state index is 13.5. The van der Waals surface area contributed by atoms with E-state index in [0.717, 1.165) is 45.2 Å². The Labute approximate surface area is 218 Å². The van der Waals surface area contributed by atoms with Crippen LogP contribution in [0.4, 0.5) is 0 Å². The van der Waals surface area contributed by atoms with Gasteiger partial charge in [-0.25, -0.2) is 0 Å². The highest BCUT2D eigenvalue weighted by molar-refractivity contribution is 5.86. The molecule has 202 valence electrons. The summed E-state index contributed by atoms with van der Waals surface area (Å²) in [5.74, 6) is 1.71. The van der Waals surface area contributed by atoms with Crippen molar-refractivity contribution in [2.45, 2.75) is 96.6 Å². The zero-order valence-corrected chi connectivity index (χ0v) is 22.6. The predicted octanol–water partition coefficient (Wildman–Crippen LogP) is 3.98. The molecule has 2 aliphatic carbocycles. The summed E-state index contributed by atoms with van der Waals surface area (Å²) < 4.78 is 5.41. The first-order chi connectivity index (χ1) is 17.4. The van der Waals surface area contributed by atoms with Crippen molar-refractivity contribution in [3.8, 4) is 6.07 Å². The molecule has 0 radical (unpaired) electrons. The van der Waals surface area contributed by atoms with Crippen LogP contribution in [0.3, 0.4) is 0 Å². The van der Waals surface area contributed by atoms with E-state index < -0.39 is 0 Å². The number of nitrogens with one attached hydrogen (secondary N) is 1. The number of nitrogens with zero attached hydrogens (tertiary/aromatic N) is 3. The lowest BCUT2D eigenvalue weighted by Gasteiger charge is -2.39. The summed E-state index contributed by atoms with van der Waals surface area (Å²) in [6.45, 7) is 8.79. The van der Waals surface area contributed by atoms with Gasteiger partial charge in [-0.3, -0.25) is 14.5 Å². The second-order valence-corrected chi connectivity index (χ2v) is 12.2. The number of hydrogen-bond acceptors (Lipinski definition) is 5. The first-order valence-electron chi connectivity index (χ1n) is 14.7. The molecule has 4 rings (SSSR count). The van der Waals surface area contributed by atoms with Gasteiger partial charge in [0, 0.05) is 50.6 Å². The maximum Gasteiger partial charge on any atom is 0.223 e. The van der Waals surface area contributed by atoms with Crippen LogP contribution in [0.15, 0.2) is 0 Å². The summed E-state index contributed by atoms with van der Waals surface area (Å²) in [7, 11) is 0. The molecule has 4 aliphatic rings. The molecule has 0 aromatic rings. The lowest BCUT2D eigenvalue weighted by Crippen LogP contribution is -2.46. The Morgan fingerprint density at radius 2 is 1.78 bits per heavy atom. The molecular weight excluding hydrogens is 452 g/mol. The molecule has 7 heteroatoms. The van der Waals surface area contributed by atoms with Crippen LogP contribution in [-0.4, -0.2) is 73.1 Å². The van der Waals surface area contributed by atoms with E-state index in [9.17, 15) is 14.9 Å². The third kappa shape index (κ3) is 7.22. The van der Waals surface area contributed by atoms with Crippen LogP contribution in [0.2, 0.25) is 0 Å². The standard InChI is InChI=1S/C29H48N4O3/c1-21(2)27-9-8-26(17-24(27)19-30)33-11-10-25(20-33)31-29(35)23(16-22-6-4-3-5-7-22)18-28(34)32-12-14-36-15-13-32/h21-27H,3-18,20H2,1-2H3,(H,31,35)/t23-,24-,25?,26?,27?/m1/s1. The fraction of sp³-hybridized carbons (Fsp3) is 0.897. The fourth-order valence-corrected chi connectivity index (χ4v) is 7.27. The SMILES string of the molecule is CC(C)C1CCC(N2CCC(NC(=O)[C@@H](CC(=O)N3CCOCC3)CC3CCCCC3)C2)C[C@@H]1C#N. The van der Waals surface area contributed by atoms with E-state index in [-0.39, 0.29) is 29.7 Å². The molecule has 7 nitrogen and oxygen atoms in total. The summed E-state index contributed by atoms with van der Waals surface area (Å²) in [6, 6.07) is 3.19. The number of carbonyl (C=O) groups is 2. The average molecular weight is 501 g/mol. The highest BCUT2D eigenvalue weighted by Crippen LogP contribution is 2.38. The van der Waals surface area contributed by atoms with Crippen molar-refractivity contribution in [3.05, 3.63) is 0 Å². The van der Waals surface area contributed by atoms with E-state index in [0.29, 0.717) is 56.5 Å². The Morgan fingerprint density at radius 3 is 2.47 bits per heavy atom. The molecule has 0 aromatic carbocycles. The Hall–Kier alpha value is -1.65. The number of morpholine rings is 1. The number of carbonyl (C=O) groups excluding carboxylic acids is 2. The van der Waals surface area contributed by atoms with E-state index in [4.69, 9.17) is 4.74 Å². The molecule has 2 heterocycles. The first-order valence-corrected chi connectivity index (χ1v) is 14.7. The van der Waals surface area contributed by atoms with Gasteiger partial charge in [0.2, 0.25) is 11.8 Å². The van der Waals surface area contributed by atoms with Gasteiger partial charge in [0.15, 0.2) is 0 Å². The molecule has 2 saturated heterocycles.